The van der Waals surface area contributed by atoms with Gasteiger partial charge in [0.25, 0.3) is 0 Å². The number of hydrogen-bond acceptors (Lipinski definition) is 2. The lowest BCUT2D eigenvalue weighted by Crippen LogP contribution is -2.24. The molecular weight excluding hydrogens is 236 g/mol. The minimum Gasteiger partial charge on any atom is -0.352 e. The highest BCUT2D eigenvalue weighted by atomic mass is 16.1. The zero-order valence-corrected chi connectivity index (χ0v) is 10.4. The molecule has 0 aliphatic rings. The fourth-order valence-corrected chi connectivity index (χ4v) is 1.68. The molecule has 93 valence electrons. The third-order valence-electron chi connectivity index (χ3n) is 2.72. The molecule has 0 atom stereocenters. The van der Waals surface area contributed by atoms with Crippen LogP contribution >= 0.6 is 0 Å². The summed E-state index contributed by atoms with van der Waals surface area (Å²) in [6.45, 7) is 0.518. The van der Waals surface area contributed by atoms with Crippen LogP contribution in [0.1, 0.15) is 16.7 Å². The lowest BCUT2D eigenvalue weighted by atomic mass is 10.1. The van der Waals surface area contributed by atoms with Crippen molar-refractivity contribution in [1.29, 1.82) is 5.26 Å². The first-order valence-electron chi connectivity index (χ1n) is 5.98. The molecule has 0 aliphatic carbocycles. The van der Waals surface area contributed by atoms with Crippen LogP contribution in [-0.4, -0.2) is 5.91 Å². The van der Waals surface area contributed by atoms with Gasteiger partial charge in [0, 0.05) is 6.54 Å². The zero-order valence-electron chi connectivity index (χ0n) is 10.4. The summed E-state index contributed by atoms with van der Waals surface area (Å²) < 4.78 is 0. The van der Waals surface area contributed by atoms with Crippen molar-refractivity contribution in [2.24, 2.45) is 0 Å². The second-order valence-electron chi connectivity index (χ2n) is 4.17. The van der Waals surface area contributed by atoms with E-state index in [-0.39, 0.29) is 5.91 Å². The molecule has 2 aromatic carbocycles. The van der Waals surface area contributed by atoms with E-state index in [9.17, 15) is 4.79 Å². The maximum absolute atomic E-state index is 11.8. The van der Waals surface area contributed by atoms with Gasteiger partial charge in [-0.05, 0) is 29.3 Å². The first-order chi connectivity index (χ1) is 9.28. The van der Waals surface area contributed by atoms with Crippen LogP contribution in [0.2, 0.25) is 0 Å². The minimum atomic E-state index is -0.0301. The highest BCUT2D eigenvalue weighted by Gasteiger charge is 2.03. The molecule has 0 fully saturated rings. The smallest absolute Gasteiger partial charge is 0.224 e. The summed E-state index contributed by atoms with van der Waals surface area (Å²) >= 11 is 0. The molecule has 0 aliphatic heterocycles. The molecule has 1 amide bonds. The molecule has 0 spiro atoms. The molecule has 1 N–H and O–H groups in total. The minimum absolute atomic E-state index is 0.0301. The Labute approximate surface area is 112 Å². The predicted molar refractivity (Wildman–Crippen MR) is 72.0 cm³/mol. The Kier molecular flexibility index (Phi) is 4.30. The highest BCUT2D eigenvalue weighted by molar-refractivity contribution is 5.78. The van der Waals surface area contributed by atoms with Crippen molar-refractivity contribution in [3.8, 4) is 6.07 Å². The Morgan fingerprint density at radius 2 is 1.79 bits per heavy atom. The van der Waals surface area contributed by atoms with Gasteiger partial charge in [-0.15, -0.1) is 0 Å². The standard InChI is InChI=1S/C16H13N2O/c17-11-14-8-6-13(7-9-14)10-16(19)18-12-15-4-2-1-3-5-15/h2-9H,10,12H2,(H,18,19). The predicted octanol–water partition coefficient (Wildman–Crippen LogP) is 2.22. The summed E-state index contributed by atoms with van der Waals surface area (Å²) in [6, 6.07) is 19.5. The summed E-state index contributed by atoms with van der Waals surface area (Å²) in [6.07, 6.45) is 0.324. The molecule has 3 nitrogen and oxygen atoms in total. The summed E-state index contributed by atoms with van der Waals surface area (Å²) in [4.78, 5) is 11.8. The third-order valence-corrected chi connectivity index (χ3v) is 2.72. The second kappa shape index (κ2) is 6.36. The SMILES string of the molecule is N#Cc1ccc(CC(=O)NCc2cc[c]cc2)cc1. The lowest BCUT2D eigenvalue weighted by Gasteiger charge is -2.05. The van der Waals surface area contributed by atoms with Gasteiger partial charge >= 0.3 is 0 Å². The molecule has 0 unspecified atom stereocenters. The number of amides is 1. The topological polar surface area (TPSA) is 52.9 Å². The average Bonchev–Trinajstić information content (AvgIpc) is 2.47. The van der Waals surface area contributed by atoms with Crippen LogP contribution in [-0.2, 0) is 17.8 Å². The number of hydrogen-bond donors (Lipinski definition) is 1. The number of rotatable bonds is 4. The molecule has 19 heavy (non-hydrogen) atoms. The number of carbonyl (C=O) groups is 1. The van der Waals surface area contributed by atoms with Gasteiger partial charge in [-0.25, -0.2) is 0 Å². The van der Waals surface area contributed by atoms with Gasteiger partial charge in [0.15, 0.2) is 0 Å². The van der Waals surface area contributed by atoms with Gasteiger partial charge < -0.3 is 5.32 Å². The van der Waals surface area contributed by atoms with Gasteiger partial charge in [0.1, 0.15) is 0 Å². The van der Waals surface area contributed by atoms with E-state index in [1.54, 1.807) is 24.3 Å². The van der Waals surface area contributed by atoms with Crippen molar-refractivity contribution in [2.45, 2.75) is 13.0 Å². The van der Waals surface area contributed by atoms with Gasteiger partial charge in [0.05, 0.1) is 18.1 Å². The van der Waals surface area contributed by atoms with E-state index in [1.165, 1.54) is 0 Å². The van der Waals surface area contributed by atoms with Crippen LogP contribution in [0.5, 0.6) is 0 Å². The van der Waals surface area contributed by atoms with Crippen LogP contribution in [0.15, 0.2) is 48.5 Å². The van der Waals surface area contributed by atoms with E-state index in [2.05, 4.69) is 17.5 Å². The van der Waals surface area contributed by atoms with E-state index in [4.69, 9.17) is 5.26 Å². The van der Waals surface area contributed by atoms with E-state index in [1.807, 2.05) is 24.3 Å². The molecule has 0 aromatic heterocycles. The maximum atomic E-state index is 11.8. The van der Waals surface area contributed by atoms with Crippen LogP contribution in [0, 0.1) is 17.4 Å². The van der Waals surface area contributed by atoms with E-state index < -0.39 is 0 Å². The van der Waals surface area contributed by atoms with Crippen LogP contribution in [0.25, 0.3) is 0 Å². The Morgan fingerprint density at radius 3 is 2.42 bits per heavy atom. The summed E-state index contributed by atoms with van der Waals surface area (Å²) in [5.41, 5.74) is 2.55. The van der Waals surface area contributed by atoms with Crippen molar-refractivity contribution >= 4 is 5.91 Å². The van der Waals surface area contributed by atoms with Gasteiger partial charge in [-0.3, -0.25) is 4.79 Å². The van der Waals surface area contributed by atoms with Crippen LogP contribution < -0.4 is 5.32 Å². The lowest BCUT2D eigenvalue weighted by molar-refractivity contribution is -0.120. The number of carbonyl (C=O) groups excluding carboxylic acids is 1. The quantitative estimate of drug-likeness (QED) is 0.903. The molecule has 0 bridgehead atoms. The molecule has 2 rings (SSSR count). The number of benzene rings is 2. The first-order valence-corrected chi connectivity index (χ1v) is 5.98. The summed E-state index contributed by atoms with van der Waals surface area (Å²) in [5, 5.41) is 11.5. The van der Waals surface area contributed by atoms with Crippen LogP contribution in [0.4, 0.5) is 0 Å². The van der Waals surface area contributed by atoms with E-state index in [0.29, 0.717) is 18.5 Å². The van der Waals surface area contributed by atoms with Crippen molar-refractivity contribution in [1.82, 2.24) is 5.32 Å². The monoisotopic (exact) mass is 249 g/mol. The number of nitrogens with zero attached hydrogens (tertiary/aromatic N) is 1. The van der Waals surface area contributed by atoms with Crippen molar-refractivity contribution in [3.05, 3.63) is 71.3 Å². The maximum Gasteiger partial charge on any atom is 0.224 e. The van der Waals surface area contributed by atoms with Crippen molar-refractivity contribution in [2.75, 3.05) is 0 Å². The normalized spacial score (nSPS) is 9.63. The zero-order chi connectivity index (χ0) is 13.5. The van der Waals surface area contributed by atoms with E-state index >= 15 is 0 Å². The molecular formula is C16H13N2O. The summed E-state index contributed by atoms with van der Waals surface area (Å²) in [5.74, 6) is -0.0301. The third kappa shape index (κ3) is 3.97. The second-order valence-corrected chi connectivity index (χ2v) is 4.17. The highest BCUT2D eigenvalue weighted by Crippen LogP contribution is 2.04. The van der Waals surface area contributed by atoms with Crippen molar-refractivity contribution < 1.29 is 4.79 Å². The number of nitrogens with one attached hydrogen (secondary N) is 1. The van der Waals surface area contributed by atoms with Crippen molar-refractivity contribution in [3.63, 3.8) is 0 Å². The van der Waals surface area contributed by atoms with Gasteiger partial charge in [-0.2, -0.15) is 5.26 Å². The van der Waals surface area contributed by atoms with Gasteiger partial charge in [-0.1, -0.05) is 36.4 Å². The Morgan fingerprint density at radius 1 is 1.11 bits per heavy atom. The first kappa shape index (κ1) is 12.8. The molecule has 0 saturated carbocycles. The Bertz CT molecular complexity index is 582. The fourth-order valence-electron chi connectivity index (χ4n) is 1.68. The summed E-state index contributed by atoms with van der Waals surface area (Å²) in [7, 11) is 0. The van der Waals surface area contributed by atoms with Gasteiger partial charge in [0.2, 0.25) is 5.91 Å². The molecule has 0 saturated heterocycles. The Balaban J connectivity index is 1.86. The Hall–Kier alpha value is -2.60. The molecule has 3 heteroatoms. The average molecular weight is 249 g/mol. The molecule has 1 radical (unpaired) electrons. The molecule has 2 aromatic rings. The largest absolute Gasteiger partial charge is 0.352 e. The molecule has 0 heterocycles. The van der Waals surface area contributed by atoms with E-state index in [0.717, 1.165) is 11.1 Å². The number of nitriles is 1. The fraction of sp³-hybridized carbons (Fsp3) is 0.125. The van der Waals surface area contributed by atoms with Crippen LogP contribution in [0.3, 0.4) is 0 Å².